The van der Waals surface area contributed by atoms with Crippen molar-refractivity contribution in [2.24, 2.45) is 0 Å². The number of nitrogens with one attached hydrogen (secondary N) is 1. The van der Waals surface area contributed by atoms with Gasteiger partial charge in [-0.3, -0.25) is 9.59 Å². The van der Waals surface area contributed by atoms with Crippen LogP contribution < -0.4 is 10.1 Å². The average molecular weight is 596 g/mol. The molecule has 0 bridgehead atoms. The summed E-state index contributed by atoms with van der Waals surface area (Å²) < 4.78 is 69.5. The van der Waals surface area contributed by atoms with Gasteiger partial charge >= 0.3 is 6.18 Å². The third-order valence-corrected chi connectivity index (χ3v) is 10.3. The molecule has 1 aliphatic heterocycles. The van der Waals surface area contributed by atoms with Crippen molar-refractivity contribution < 1.29 is 35.9 Å². The Balaban J connectivity index is 1.42. The normalized spacial score (nSPS) is 22.7. The second-order valence-corrected chi connectivity index (χ2v) is 13.1. The molecule has 0 aromatic heterocycles. The molecule has 2 aromatic rings. The summed E-state index contributed by atoms with van der Waals surface area (Å²) in [6.45, 7) is -1.85. The van der Waals surface area contributed by atoms with Gasteiger partial charge in [0.25, 0.3) is 0 Å². The van der Waals surface area contributed by atoms with E-state index in [9.17, 15) is 36.4 Å². The van der Waals surface area contributed by atoms with Gasteiger partial charge in [0.05, 0.1) is 26.7 Å². The van der Waals surface area contributed by atoms with Crippen LogP contribution in [-0.4, -0.2) is 61.3 Å². The minimum Gasteiger partial charge on any atom is -0.484 e. The smallest absolute Gasteiger partial charge is 0.422 e. The molecule has 3 aliphatic rings. The summed E-state index contributed by atoms with van der Waals surface area (Å²) >= 11 is 6.18. The number of hydrogen-bond acceptors (Lipinski definition) is 6. The van der Waals surface area contributed by atoms with Gasteiger partial charge in [-0.15, -0.1) is 0 Å². The third-order valence-electron chi connectivity index (χ3n) is 7.69. The van der Waals surface area contributed by atoms with Crippen molar-refractivity contribution in [3.8, 4) is 11.8 Å². The molecule has 0 spiro atoms. The van der Waals surface area contributed by atoms with Crippen molar-refractivity contribution in [3.05, 3.63) is 59.1 Å². The van der Waals surface area contributed by atoms with Crippen LogP contribution in [0.2, 0.25) is 5.02 Å². The zero-order valence-electron chi connectivity index (χ0n) is 21.1. The summed E-state index contributed by atoms with van der Waals surface area (Å²) in [6, 6.07) is 13.1. The maximum atomic E-state index is 13.9. The number of ether oxygens (including phenoxy) is 1. The number of alkyl halides is 3. The standard InChI is InChI=1S/C27H25ClF3N3O5S/c28-20-12-18(39-16-27(29,30)31)6-7-22(20)40(37,38)19-13-21(23(35)33-25(15-32)8-9-25)34(14-19)24(36)26(10-11-26)17-4-2-1-3-5-17/h1-7,12,19,21H,8-11,13-14,16H2,(H,33,35). The van der Waals surface area contributed by atoms with E-state index in [2.05, 4.69) is 16.1 Å². The van der Waals surface area contributed by atoms with E-state index in [0.717, 1.165) is 23.8 Å². The predicted octanol–water partition coefficient (Wildman–Crippen LogP) is 3.93. The molecular formula is C27H25ClF3N3O5S. The highest BCUT2D eigenvalue weighted by molar-refractivity contribution is 7.92. The lowest BCUT2D eigenvalue weighted by molar-refractivity contribution is -0.153. The number of nitrogens with zero attached hydrogens (tertiary/aromatic N) is 2. The molecule has 1 N–H and O–H groups in total. The molecule has 8 nitrogen and oxygen atoms in total. The van der Waals surface area contributed by atoms with Crippen LogP contribution >= 0.6 is 11.6 Å². The maximum Gasteiger partial charge on any atom is 0.422 e. The first-order valence-electron chi connectivity index (χ1n) is 12.6. The van der Waals surface area contributed by atoms with Crippen LogP contribution in [0.4, 0.5) is 13.2 Å². The first kappa shape index (κ1) is 28.2. The molecule has 40 heavy (non-hydrogen) atoms. The van der Waals surface area contributed by atoms with E-state index in [1.165, 1.54) is 4.90 Å². The fourth-order valence-corrected chi connectivity index (χ4v) is 7.37. The molecule has 1 heterocycles. The Morgan fingerprint density at radius 2 is 1.80 bits per heavy atom. The first-order chi connectivity index (χ1) is 18.8. The molecule has 3 fully saturated rings. The van der Waals surface area contributed by atoms with Crippen molar-refractivity contribution >= 4 is 33.3 Å². The number of halogens is 4. The first-order valence-corrected chi connectivity index (χ1v) is 14.6. The van der Waals surface area contributed by atoms with Crippen LogP contribution in [0.1, 0.15) is 37.7 Å². The Hall–Kier alpha value is -3.30. The lowest BCUT2D eigenvalue weighted by Gasteiger charge is -2.29. The van der Waals surface area contributed by atoms with Crippen molar-refractivity contribution in [1.29, 1.82) is 5.26 Å². The van der Waals surface area contributed by atoms with E-state index >= 15 is 0 Å². The molecule has 2 saturated carbocycles. The topological polar surface area (TPSA) is 117 Å². The highest BCUT2D eigenvalue weighted by Crippen LogP contribution is 2.51. The SMILES string of the molecule is N#CC1(NC(=O)C2CC(S(=O)(=O)c3ccc(OCC(F)(F)F)cc3Cl)CN2C(=O)C2(c3ccccc3)CC2)CC1. The largest absolute Gasteiger partial charge is 0.484 e. The number of sulfone groups is 1. The van der Waals surface area contributed by atoms with Crippen LogP contribution in [-0.2, 0) is 24.8 Å². The lowest BCUT2D eigenvalue weighted by atomic mass is 9.94. The number of carbonyl (C=O) groups is 2. The Morgan fingerprint density at radius 1 is 1.12 bits per heavy atom. The molecule has 5 rings (SSSR count). The quantitative estimate of drug-likeness (QED) is 0.494. The Labute approximate surface area is 234 Å². The molecule has 2 aromatic carbocycles. The van der Waals surface area contributed by atoms with E-state index in [1.807, 2.05) is 18.2 Å². The van der Waals surface area contributed by atoms with Gasteiger partial charge in [0.1, 0.15) is 17.3 Å². The van der Waals surface area contributed by atoms with E-state index < -0.39 is 50.8 Å². The zero-order chi connectivity index (χ0) is 28.9. The minimum absolute atomic E-state index is 0.227. The highest BCUT2D eigenvalue weighted by Gasteiger charge is 2.58. The summed E-state index contributed by atoms with van der Waals surface area (Å²) in [4.78, 5) is 28.2. The number of hydrogen-bond donors (Lipinski definition) is 1. The monoisotopic (exact) mass is 595 g/mol. The molecule has 2 aliphatic carbocycles. The van der Waals surface area contributed by atoms with Crippen LogP contribution in [0.15, 0.2) is 53.4 Å². The van der Waals surface area contributed by atoms with E-state index in [0.29, 0.717) is 25.7 Å². The summed E-state index contributed by atoms with van der Waals surface area (Å²) in [6.07, 6.45) is -2.80. The van der Waals surface area contributed by atoms with Gasteiger partial charge in [0.15, 0.2) is 16.4 Å². The van der Waals surface area contributed by atoms with Crippen LogP contribution in [0, 0.1) is 11.3 Å². The molecule has 1 saturated heterocycles. The van der Waals surface area contributed by atoms with Gasteiger partial charge in [-0.1, -0.05) is 41.9 Å². The number of benzene rings is 2. The fraction of sp³-hybridized carbons (Fsp3) is 0.444. The van der Waals surface area contributed by atoms with Crippen LogP contribution in [0.5, 0.6) is 5.75 Å². The number of rotatable bonds is 8. The Kier molecular flexibility index (Phi) is 7.03. The lowest BCUT2D eigenvalue weighted by Crippen LogP contribution is -2.51. The molecule has 2 amide bonds. The predicted molar refractivity (Wildman–Crippen MR) is 137 cm³/mol. The molecule has 13 heteroatoms. The molecular weight excluding hydrogens is 571 g/mol. The molecule has 2 unspecified atom stereocenters. The molecule has 0 radical (unpaired) electrons. The Morgan fingerprint density at radius 3 is 2.35 bits per heavy atom. The van der Waals surface area contributed by atoms with Crippen molar-refractivity contribution in [2.45, 2.75) is 65.4 Å². The van der Waals surface area contributed by atoms with E-state index in [1.54, 1.807) is 12.1 Å². The van der Waals surface area contributed by atoms with Crippen LogP contribution in [0.25, 0.3) is 0 Å². The third kappa shape index (κ3) is 5.37. The molecule has 2 atom stereocenters. The second kappa shape index (κ2) is 9.96. The summed E-state index contributed by atoms with van der Waals surface area (Å²) in [5.41, 5.74) is -1.10. The fourth-order valence-electron chi connectivity index (χ4n) is 5.13. The van der Waals surface area contributed by atoms with E-state index in [4.69, 9.17) is 11.6 Å². The van der Waals surface area contributed by atoms with E-state index in [-0.39, 0.29) is 34.5 Å². The van der Waals surface area contributed by atoms with Gasteiger partial charge in [-0.2, -0.15) is 18.4 Å². The van der Waals surface area contributed by atoms with Gasteiger partial charge in [0, 0.05) is 12.6 Å². The summed E-state index contributed by atoms with van der Waals surface area (Å²) in [7, 11) is -4.23. The average Bonchev–Trinajstić information content (AvgIpc) is 3.83. The van der Waals surface area contributed by atoms with Crippen molar-refractivity contribution in [2.75, 3.05) is 13.2 Å². The van der Waals surface area contributed by atoms with Gasteiger partial charge in [-0.05, 0) is 49.8 Å². The summed E-state index contributed by atoms with van der Waals surface area (Å²) in [5.74, 6) is -1.22. The maximum absolute atomic E-state index is 13.9. The van der Waals surface area contributed by atoms with Crippen molar-refractivity contribution in [1.82, 2.24) is 10.2 Å². The number of amides is 2. The number of carbonyl (C=O) groups excluding carboxylic acids is 2. The minimum atomic E-state index is -4.59. The number of likely N-dealkylation sites (tertiary alicyclic amines) is 1. The van der Waals surface area contributed by atoms with Gasteiger partial charge < -0.3 is 15.0 Å². The summed E-state index contributed by atoms with van der Waals surface area (Å²) in [5, 5.41) is 10.6. The zero-order valence-corrected chi connectivity index (χ0v) is 22.7. The van der Waals surface area contributed by atoms with Crippen LogP contribution in [0.3, 0.4) is 0 Å². The highest BCUT2D eigenvalue weighted by atomic mass is 35.5. The van der Waals surface area contributed by atoms with Gasteiger partial charge in [-0.25, -0.2) is 8.42 Å². The number of nitriles is 1. The second-order valence-electron chi connectivity index (χ2n) is 10.5. The molecule has 212 valence electrons. The Bertz CT molecular complexity index is 1480. The van der Waals surface area contributed by atoms with Crippen molar-refractivity contribution in [3.63, 3.8) is 0 Å². The van der Waals surface area contributed by atoms with Gasteiger partial charge in [0.2, 0.25) is 11.8 Å².